The maximum absolute atomic E-state index is 12.5. The van der Waals surface area contributed by atoms with Gasteiger partial charge < -0.3 is 65.4 Å². The molecule has 33 nitrogen and oxygen atoms in total. The molecule has 1 aliphatic carbocycles. The summed E-state index contributed by atoms with van der Waals surface area (Å²) in [6.45, 7) is 29.1. The molecule has 0 saturated heterocycles. The number of para-hydroxylation sites is 2. The van der Waals surface area contributed by atoms with Crippen molar-refractivity contribution in [3.05, 3.63) is 209 Å². The third kappa shape index (κ3) is 27.3. The number of nitro groups is 2. The summed E-state index contributed by atoms with van der Waals surface area (Å²) in [5, 5.41) is 76.5. The average Bonchev–Trinajstić information content (AvgIpc) is 0.934. The number of phenols is 2. The van der Waals surface area contributed by atoms with E-state index in [9.17, 15) is 66.8 Å². The Morgan fingerprint density at radius 2 is 1.05 bits per heavy atom. The van der Waals surface area contributed by atoms with Crippen molar-refractivity contribution in [1.82, 2.24) is 24.1 Å². The number of aryl methyl sites for hydroxylation is 2. The van der Waals surface area contributed by atoms with Crippen molar-refractivity contribution >= 4 is 77.0 Å². The molecule has 636 valence electrons. The van der Waals surface area contributed by atoms with Gasteiger partial charge in [0.2, 0.25) is 5.36 Å². The number of hydrogen-bond acceptors (Lipinski definition) is 25. The van der Waals surface area contributed by atoms with Crippen molar-refractivity contribution in [2.45, 2.75) is 143 Å². The predicted octanol–water partition coefficient (Wildman–Crippen LogP) is 16.0. The van der Waals surface area contributed by atoms with Gasteiger partial charge in [-0.15, -0.1) is 11.4 Å². The quantitative estimate of drug-likeness (QED) is 0.00283. The van der Waals surface area contributed by atoms with Gasteiger partial charge >= 0.3 is 8.82 Å². The summed E-state index contributed by atoms with van der Waals surface area (Å²) in [5.74, 6) is -0.772. The van der Waals surface area contributed by atoms with Crippen molar-refractivity contribution in [1.29, 1.82) is 0 Å². The number of anilines is 1. The Morgan fingerprint density at radius 3 is 1.44 bits per heavy atom. The number of ether oxygens (including phenoxy) is 2. The second kappa shape index (κ2) is 48.1. The van der Waals surface area contributed by atoms with E-state index in [0.717, 1.165) is 151 Å². The first-order valence-corrected chi connectivity index (χ1v) is 41.4. The van der Waals surface area contributed by atoms with Gasteiger partial charge in [-0.1, -0.05) is 146 Å². The average molecular weight is 1710 g/mol. The Kier molecular flexibility index (Phi) is 39.8. The smallest absolute Gasteiger partial charge is 0.504 e. The molecule has 2 aliphatic rings. The number of benzene rings is 7. The largest absolute Gasteiger partial charge is 1.00 e. The first-order valence-electron chi connectivity index (χ1n) is 38.6. The van der Waals surface area contributed by atoms with E-state index in [4.69, 9.17) is 34.5 Å². The zero-order valence-corrected chi connectivity index (χ0v) is 70.8. The number of azo groups is 2. The zero-order valence-electron chi connectivity index (χ0n) is 69.9. The van der Waals surface area contributed by atoms with Crippen LogP contribution in [-0.4, -0.2) is 142 Å². The number of carboxylic acids is 1. The second-order valence-electron chi connectivity index (χ2n) is 26.8. The number of non-ortho nitro benzene ring substituents is 2. The molecule has 0 spiro atoms. The summed E-state index contributed by atoms with van der Waals surface area (Å²) in [4.78, 5) is 57.3. The number of nitro benzene ring substituents is 2. The molecule has 2 unspecified atom stereocenters. The molecule has 1 aliphatic heterocycles. The molecular formula is C82H107CrN14O19S2+. The van der Waals surface area contributed by atoms with Gasteiger partial charge in [0.1, 0.15) is 56.7 Å². The SMILES string of the molecule is CCCCC(CC)COCCCN.CCCCC(CC)COCCCN.CCN(CC)c1ccc2c(-c3ccccc3C(=O)O)c3ccc(=[N+](CC)CC)cc-3oc2c1.Cc1nn(-c2ccccc2)c(=O)[c-]1N=Nc1cc([N+](=O)[O-])cc(S(=O)(=O)O)c1O.Cc1nn(-c2ccccc2)c(=O)[c-]1N=Nc1cc([N+](=O)[O-])cc(S(=O)(=O)O)c1O.[Cr].[H+].[H+]. The number of rotatable bonds is 35. The summed E-state index contributed by atoms with van der Waals surface area (Å²) in [7, 11) is -9.96. The van der Waals surface area contributed by atoms with Crippen molar-refractivity contribution in [3.63, 3.8) is 0 Å². The predicted molar refractivity (Wildman–Crippen MR) is 451 cm³/mol. The number of carbonyl (C=O) groups is 1. The number of hydrogen-bond donors (Lipinski definition) is 7. The summed E-state index contributed by atoms with van der Waals surface area (Å²) >= 11 is 0. The van der Waals surface area contributed by atoms with Crippen LogP contribution in [0.1, 0.15) is 144 Å². The van der Waals surface area contributed by atoms with Gasteiger partial charge in [-0.05, 0) is 132 Å². The molecule has 10 rings (SSSR count). The number of carboxylic acid groups (broad SMARTS) is 1. The van der Waals surface area contributed by atoms with Gasteiger partial charge in [0, 0.05) is 115 Å². The van der Waals surface area contributed by atoms with E-state index in [1.165, 1.54) is 65.2 Å². The molecule has 0 bridgehead atoms. The molecule has 3 heterocycles. The van der Waals surface area contributed by atoms with Crippen LogP contribution in [0.4, 0.5) is 39.8 Å². The molecule has 0 radical (unpaired) electrons. The Balaban J connectivity index is 0.000000402. The monoisotopic (exact) mass is 1710 g/mol. The Morgan fingerprint density at radius 1 is 0.610 bits per heavy atom. The molecule has 2 atom stereocenters. The summed E-state index contributed by atoms with van der Waals surface area (Å²) < 4.78 is 85.7. The molecule has 0 fully saturated rings. The Bertz CT molecular complexity index is 5200. The van der Waals surface area contributed by atoms with Crippen LogP contribution >= 0.6 is 0 Å². The maximum Gasteiger partial charge on any atom is 1.00 e. The molecular weight excluding hydrogens is 1600 g/mol. The standard InChI is InChI=1S/C28H30N2O3.2C16H12N5O7S.2C11H25NO.Cr/c1-5-29(6-2)19-13-15-23-25(17-19)33-26-18-20(30(7-3)8-4)14-16-24(26)27(23)21-11-9-10-12-22(21)28(31)32;2*1-9-14(16(23)20(19-9)10-5-3-2-4-6-10)18-17-12-7-11(21(24)25)8-13(15(12)22)29(26,27)28;2*1-3-5-7-11(4-2)10-13-9-6-8-12;/h9-18H,5-8H2,1-4H3;2*2-8,22H,1H3,(H,26,27,28);2*11H,3-10,12H2,1-2H3;/q;2*-1;;;/p+3. The number of unbranched alkanes of at least 4 members (excludes halogenated alkanes) is 2. The van der Waals surface area contributed by atoms with Gasteiger partial charge in [-0.2, -0.15) is 27.1 Å². The molecule has 0 saturated carbocycles. The van der Waals surface area contributed by atoms with E-state index in [1.54, 1.807) is 72.8 Å². The summed E-state index contributed by atoms with van der Waals surface area (Å²) in [6.07, 6.45) is 12.3. The van der Waals surface area contributed by atoms with Crippen LogP contribution in [-0.2, 0) is 47.1 Å². The minimum Gasteiger partial charge on any atom is -0.504 e. The summed E-state index contributed by atoms with van der Waals surface area (Å²) in [6, 6.07) is 38.9. The van der Waals surface area contributed by atoms with Crippen LogP contribution in [0.3, 0.4) is 0 Å². The fourth-order valence-electron chi connectivity index (χ4n) is 12.1. The van der Waals surface area contributed by atoms with E-state index in [1.807, 2.05) is 12.1 Å². The van der Waals surface area contributed by atoms with Crippen molar-refractivity contribution in [2.24, 2.45) is 43.8 Å². The van der Waals surface area contributed by atoms with Crippen LogP contribution < -0.4 is 37.4 Å². The maximum atomic E-state index is 12.5. The molecule has 6 aromatic carbocycles. The van der Waals surface area contributed by atoms with Gasteiger partial charge in [0.15, 0.2) is 11.5 Å². The van der Waals surface area contributed by atoms with Gasteiger partial charge in [0.25, 0.3) is 31.6 Å². The van der Waals surface area contributed by atoms with Crippen molar-refractivity contribution in [3.8, 4) is 45.3 Å². The van der Waals surface area contributed by atoms with Crippen LogP contribution in [0.2, 0.25) is 0 Å². The Labute approximate surface area is 699 Å². The fourth-order valence-corrected chi connectivity index (χ4v) is 13.4. The van der Waals surface area contributed by atoms with Crippen LogP contribution in [0.15, 0.2) is 190 Å². The number of nitrogens with zero attached hydrogens (tertiary/aromatic N) is 12. The number of aromatic nitrogens is 4. The van der Waals surface area contributed by atoms with Gasteiger partial charge in [-0.25, -0.2) is 28.9 Å². The molecule has 2 aromatic heterocycles. The first-order chi connectivity index (χ1) is 55.9. The molecule has 118 heavy (non-hydrogen) atoms. The minimum absolute atomic E-state index is 0. The zero-order chi connectivity index (χ0) is 86.1. The number of aromatic hydroxyl groups is 2. The molecule has 8 aromatic rings. The summed E-state index contributed by atoms with van der Waals surface area (Å²) in [5.41, 5.74) is 12.2. The van der Waals surface area contributed by atoms with Gasteiger partial charge in [-0.3, -0.25) is 29.3 Å². The van der Waals surface area contributed by atoms with Crippen LogP contribution in [0, 0.1) is 45.9 Å². The first kappa shape index (κ1) is 97.7. The van der Waals surface area contributed by atoms with E-state index < -0.39 is 91.2 Å². The number of phenolic OH excluding ortho intramolecular Hbond substituents is 2. The topological polar surface area (TPSA) is 482 Å². The number of fused-ring (bicyclic) bond motifs is 2. The molecule has 9 N–H and O–H groups in total. The van der Waals surface area contributed by atoms with E-state index >= 15 is 0 Å². The number of aromatic carboxylic acids is 1. The fraction of sp³-hybridized carbons (Fsp3) is 0.390. The van der Waals surface area contributed by atoms with Gasteiger partial charge in [0.05, 0.1) is 32.9 Å². The van der Waals surface area contributed by atoms with Crippen molar-refractivity contribution in [2.75, 3.05) is 70.6 Å². The van der Waals surface area contributed by atoms with Crippen LogP contribution in [0.25, 0.3) is 44.8 Å². The Hall–Kier alpha value is -10.9. The minimum atomic E-state index is -4.98. The second-order valence-corrected chi connectivity index (χ2v) is 29.5. The van der Waals surface area contributed by atoms with Crippen molar-refractivity contribution < 1.29 is 90.0 Å². The normalized spacial score (nSPS) is 11.8. The third-order valence-corrected chi connectivity index (χ3v) is 20.4. The van der Waals surface area contributed by atoms with E-state index in [0.29, 0.717) is 29.1 Å². The third-order valence-electron chi connectivity index (χ3n) is 18.7. The van der Waals surface area contributed by atoms with Crippen LogP contribution in [0.5, 0.6) is 11.5 Å². The number of nitrogens with two attached hydrogens (primary N) is 2. The van der Waals surface area contributed by atoms with E-state index in [-0.39, 0.29) is 48.5 Å². The molecule has 0 amide bonds. The van der Waals surface area contributed by atoms with E-state index in [2.05, 4.69) is 132 Å². The molecule has 36 heteroatoms.